The molecule has 0 spiro atoms. The molecule has 0 unspecified atom stereocenters. The van der Waals surface area contributed by atoms with E-state index in [1.807, 2.05) is 19.1 Å². The SMILES string of the molecule is Cc1ccc(NC2CC2)c(C(=O)NC2CC2)c1. The second-order valence-electron chi connectivity index (χ2n) is 5.22. The smallest absolute Gasteiger partial charge is 0.253 e. The fourth-order valence-corrected chi connectivity index (χ4v) is 1.91. The molecule has 2 fully saturated rings. The number of amides is 1. The Hall–Kier alpha value is -1.51. The van der Waals surface area contributed by atoms with Gasteiger partial charge in [-0.25, -0.2) is 0 Å². The van der Waals surface area contributed by atoms with Crippen LogP contribution in [0.5, 0.6) is 0 Å². The minimum absolute atomic E-state index is 0.0688. The standard InChI is InChI=1S/C14H18N2O/c1-9-2-7-13(15-10-3-4-10)12(8-9)14(17)16-11-5-6-11/h2,7-8,10-11,15H,3-6H2,1H3,(H,16,17). The molecule has 0 aromatic heterocycles. The second kappa shape index (κ2) is 4.06. The maximum absolute atomic E-state index is 12.1. The van der Waals surface area contributed by atoms with E-state index in [0.717, 1.165) is 29.7 Å². The van der Waals surface area contributed by atoms with E-state index in [-0.39, 0.29) is 5.91 Å². The first-order valence-electron chi connectivity index (χ1n) is 6.40. The van der Waals surface area contributed by atoms with E-state index in [2.05, 4.69) is 16.7 Å². The monoisotopic (exact) mass is 230 g/mol. The average Bonchev–Trinajstić information content (AvgIpc) is 3.15. The summed E-state index contributed by atoms with van der Waals surface area (Å²) < 4.78 is 0. The molecule has 0 aliphatic heterocycles. The van der Waals surface area contributed by atoms with E-state index in [1.165, 1.54) is 12.8 Å². The first-order valence-corrected chi connectivity index (χ1v) is 6.40. The van der Waals surface area contributed by atoms with Gasteiger partial charge in [-0.3, -0.25) is 4.79 Å². The van der Waals surface area contributed by atoms with Crippen molar-refractivity contribution in [3.63, 3.8) is 0 Å². The lowest BCUT2D eigenvalue weighted by molar-refractivity contribution is 0.0952. The zero-order valence-corrected chi connectivity index (χ0v) is 10.1. The number of carbonyl (C=O) groups is 1. The normalized spacial score (nSPS) is 18.9. The summed E-state index contributed by atoms with van der Waals surface area (Å²) in [5.41, 5.74) is 2.91. The first-order chi connectivity index (χ1) is 8.22. The number of anilines is 1. The Labute approximate surface area is 102 Å². The van der Waals surface area contributed by atoms with Crippen LogP contribution in [0.3, 0.4) is 0 Å². The predicted molar refractivity (Wildman–Crippen MR) is 68.3 cm³/mol. The van der Waals surface area contributed by atoms with Crippen LogP contribution in [0.2, 0.25) is 0 Å². The maximum Gasteiger partial charge on any atom is 0.253 e. The van der Waals surface area contributed by atoms with Crippen molar-refractivity contribution in [1.29, 1.82) is 0 Å². The molecule has 0 bridgehead atoms. The Kier molecular flexibility index (Phi) is 2.54. The van der Waals surface area contributed by atoms with Crippen molar-refractivity contribution in [2.45, 2.75) is 44.7 Å². The van der Waals surface area contributed by atoms with E-state index < -0.39 is 0 Å². The summed E-state index contributed by atoms with van der Waals surface area (Å²) >= 11 is 0. The van der Waals surface area contributed by atoms with E-state index in [4.69, 9.17) is 0 Å². The molecular weight excluding hydrogens is 212 g/mol. The molecule has 0 saturated heterocycles. The van der Waals surface area contributed by atoms with Crippen molar-refractivity contribution in [1.82, 2.24) is 5.32 Å². The Balaban J connectivity index is 1.82. The zero-order chi connectivity index (χ0) is 11.8. The van der Waals surface area contributed by atoms with Crippen LogP contribution in [0.15, 0.2) is 18.2 Å². The van der Waals surface area contributed by atoms with Crippen molar-refractivity contribution >= 4 is 11.6 Å². The van der Waals surface area contributed by atoms with Crippen LogP contribution in [-0.2, 0) is 0 Å². The van der Waals surface area contributed by atoms with Gasteiger partial charge in [0, 0.05) is 17.8 Å². The molecule has 3 nitrogen and oxygen atoms in total. The maximum atomic E-state index is 12.1. The molecule has 2 N–H and O–H groups in total. The van der Waals surface area contributed by atoms with Gasteiger partial charge in [-0.1, -0.05) is 11.6 Å². The molecule has 0 radical (unpaired) electrons. The van der Waals surface area contributed by atoms with E-state index in [1.54, 1.807) is 0 Å². The molecule has 1 aromatic rings. The highest BCUT2D eigenvalue weighted by atomic mass is 16.1. The summed E-state index contributed by atoms with van der Waals surface area (Å²) in [7, 11) is 0. The van der Waals surface area contributed by atoms with Gasteiger partial charge in [-0.2, -0.15) is 0 Å². The molecule has 2 saturated carbocycles. The molecule has 2 aliphatic carbocycles. The third kappa shape index (κ3) is 2.60. The van der Waals surface area contributed by atoms with Gasteiger partial charge in [0.15, 0.2) is 0 Å². The summed E-state index contributed by atoms with van der Waals surface area (Å²) in [6.45, 7) is 2.02. The molecule has 1 aromatic carbocycles. The highest BCUT2D eigenvalue weighted by Crippen LogP contribution is 2.28. The molecule has 90 valence electrons. The minimum Gasteiger partial charge on any atom is -0.382 e. The van der Waals surface area contributed by atoms with Crippen molar-refractivity contribution in [3.8, 4) is 0 Å². The van der Waals surface area contributed by atoms with Gasteiger partial charge >= 0.3 is 0 Å². The van der Waals surface area contributed by atoms with Crippen LogP contribution in [0.1, 0.15) is 41.6 Å². The lowest BCUT2D eigenvalue weighted by Gasteiger charge is -2.12. The van der Waals surface area contributed by atoms with Gasteiger partial charge in [0.25, 0.3) is 5.91 Å². The predicted octanol–water partition coefficient (Wildman–Crippen LogP) is 2.46. The van der Waals surface area contributed by atoms with Crippen molar-refractivity contribution in [3.05, 3.63) is 29.3 Å². The van der Waals surface area contributed by atoms with Gasteiger partial charge < -0.3 is 10.6 Å². The molecule has 17 heavy (non-hydrogen) atoms. The van der Waals surface area contributed by atoms with E-state index >= 15 is 0 Å². The molecule has 2 aliphatic rings. The number of hydrogen-bond acceptors (Lipinski definition) is 2. The van der Waals surface area contributed by atoms with E-state index in [0.29, 0.717) is 12.1 Å². The molecule has 3 rings (SSSR count). The average molecular weight is 230 g/mol. The van der Waals surface area contributed by atoms with Crippen LogP contribution in [0.25, 0.3) is 0 Å². The fourth-order valence-electron chi connectivity index (χ4n) is 1.91. The number of rotatable bonds is 4. The van der Waals surface area contributed by atoms with Crippen molar-refractivity contribution < 1.29 is 4.79 Å². The number of carbonyl (C=O) groups excluding carboxylic acids is 1. The van der Waals surface area contributed by atoms with Gasteiger partial charge in [-0.15, -0.1) is 0 Å². The lowest BCUT2D eigenvalue weighted by Crippen LogP contribution is -2.26. The van der Waals surface area contributed by atoms with E-state index in [9.17, 15) is 4.79 Å². The summed E-state index contributed by atoms with van der Waals surface area (Å²) in [4.78, 5) is 12.1. The van der Waals surface area contributed by atoms with Crippen molar-refractivity contribution in [2.24, 2.45) is 0 Å². The summed E-state index contributed by atoms with van der Waals surface area (Å²) in [5, 5.41) is 6.48. The molecular formula is C14H18N2O. The van der Waals surface area contributed by atoms with Crippen molar-refractivity contribution in [2.75, 3.05) is 5.32 Å². The number of aryl methyl sites for hydroxylation is 1. The zero-order valence-electron chi connectivity index (χ0n) is 10.1. The number of nitrogens with one attached hydrogen (secondary N) is 2. The van der Waals surface area contributed by atoms with Crippen LogP contribution in [0.4, 0.5) is 5.69 Å². The summed E-state index contributed by atoms with van der Waals surface area (Å²) in [6, 6.07) is 7.04. The largest absolute Gasteiger partial charge is 0.382 e. The van der Waals surface area contributed by atoms with Crippen LogP contribution >= 0.6 is 0 Å². The molecule has 0 heterocycles. The summed E-state index contributed by atoms with van der Waals surface area (Å²) in [6.07, 6.45) is 4.70. The quantitative estimate of drug-likeness (QED) is 0.834. The Morgan fingerprint density at radius 2 is 1.88 bits per heavy atom. The minimum atomic E-state index is 0.0688. The summed E-state index contributed by atoms with van der Waals surface area (Å²) in [5.74, 6) is 0.0688. The van der Waals surface area contributed by atoms with Gasteiger partial charge in [0.2, 0.25) is 0 Å². The van der Waals surface area contributed by atoms with Gasteiger partial charge in [-0.05, 0) is 44.7 Å². The topological polar surface area (TPSA) is 41.1 Å². The fraction of sp³-hybridized carbons (Fsp3) is 0.500. The highest BCUT2D eigenvalue weighted by molar-refractivity contribution is 6.00. The molecule has 3 heteroatoms. The lowest BCUT2D eigenvalue weighted by atomic mass is 10.1. The van der Waals surface area contributed by atoms with Crippen LogP contribution < -0.4 is 10.6 Å². The van der Waals surface area contributed by atoms with Crippen LogP contribution in [0, 0.1) is 6.92 Å². The van der Waals surface area contributed by atoms with Gasteiger partial charge in [0.1, 0.15) is 0 Å². The highest BCUT2D eigenvalue weighted by Gasteiger charge is 2.26. The Morgan fingerprint density at radius 3 is 2.53 bits per heavy atom. The number of benzene rings is 1. The Bertz CT molecular complexity index is 448. The van der Waals surface area contributed by atoms with Gasteiger partial charge in [0.05, 0.1) is 5.56 Å². The molecule has 1 amide bonds. The third-order valence-corrected chi connectivity index (χ3v) is 3.27. The Morgan fingerprint density at radius 1 is 1.18 bits per heavy atom. The second-order valence-corrected chi connectivity index (χ2v) is 5.22. The molecule has 0 atom stereocenters. The van der Waals surface area contributed by atoms with Crippen LogP contribution in [-0.4, -0.2) is 18.0 Å². The number of hydrogen-bond donors (Lipinski definition) is 2. The first kappa shape index (κ1) is 10.6. The third-order valence-electron chi connectivity index (χ3n) is 3.27.